The van der Waals surface area contributed by atoms with Gasteiger partial charge in [0, 0.05) is 24.2 Å². The fourth-order valence-electron chi connectivity index (χ4n) is 3.35. The molecule has 0 spiro atoms. The summed E-state index contributed by atoms with van der Waals surface area (Å²) in [6.07, 6.45) is 17.1. The Bertz CT molecular complexity index is 726. The van der Waals surface area contributed by atoms with E-state index in [2.05, 4.69) is 30.7 Å². The number of pyridine rings is 1. The van der Waals surface area contributed by atoms with Crippen LogP contribution in [0.2, 0.25) is 0 Å². The van der Waals surface area contributed by atoms with Crippen molar-refractivity contribution < 1.29 is 0 Å². The molecule has 0 radical (unpaired) electrons. The number of hydrogen-bond acceptors (Lipinski definition) is 1. The van der Waals surface area contributed by atoms with Gasteiger partial charge in [-0.1, -0.05) is 63.3 Å². The van der Waals surface area contributed by atoms with E-state index in [4.69, 9.17) is 0 Å². The number of hydrogen-bond donors (Lipinski definition) is 0. The molecule has 2 heteroatoms. The van der Waals surface area contributed by atoms with Crippen molar-refractivity contribution in [2.75, 3.05) is 0 Å². The SMILES string of the molecule is CCCC/C=C/CCCCCCCc1cc(=O)c2ccccc2n1C. The second kappa shape index (κ2) is 10.9. The van der Waals surface area contributed by atoms with Gasteiger partial charge >= 0.3 is 0 Å². The third-order valence-electron chi connectivity index (χ3n) is 4.95. The smallest absolute Gasteiger partial charge is 0.189 e. The Morgan fingerprint density at radius 3 is 2.40 bits per heavy atom. The van der Waals surface area contributed by atoms with Gasteiger partial charge < -0.3 is 4.57 Å². The lowest BCUT2D eigenvalue weighted by molar-refractivity contribution is 0.608. The number of rotatable bonds is 11. The van der Waals surface area contributed by atoms with Crippen molar-refractivity contribution in [1.29, 1.82) is 0 Å². The number of para-hydroxylation sites is 1. The quantitative estimate of drug-likeness (QED) is 0.354. The average molecular weight is 340 g/mol. The topological polar surface area (TPSA) is 22.0 Å². The van der Waals surface area contributed by atoms with E-state index in [0.29, 0.717) is 0 Å². The highest BCUT2D eigenvalue weighted by Crippen LogP contribution is 2.14. The average Bonchev–Trinajstić information content (AvgIpc) is 2.63. The van der Waals surface area contributed by atoms with Crippen molar-refractivity contribution >= 4 is 10.9 Å². The summed E-state index contributed by atoms with van der Waals surface area (Å²) in [7, 11) is 2.07. The van der Waals surface area contributed by atoms with Gasteiger partial charge in [-0.25, -0.2) is 0 Å². The second-order valence-corrected chi connectivity index (χ2v) is 7.00. The van der Waals surface area contributed by atoms with E-state index >= 15 is 0 Å². The maximum atomic E-state index is 12.2. The summed E-state index contributed by atoms with van der Waals surface area (Å²) in [6.45, 7) is 2.24. The monoisotopic (exact) mass is 339 g/mol. The molecule has 25 heavy (non-hydrogen) atoms. The van der Waals surface area contributed by atoms with Crippen LogP contribution in [0.25, 0.3) is 10.9 Å². The summed E-state index contributed by atoms with van der Waals surface area (Å²) in [5.41, 5.74) is 2.35. The molecule has 1 heterocycles. The van der Waals surface area contributed by atoms with Crippen LogP contribution >= 0.6 is 0 Å². The molecular weight excluding hydrogens is 306 g/mol. The molecule has 0 bridgehead atoms. The first kappa shape index (κ1) is 19.5. The summed E-state index contributed by atoms with van der Waals surface area (Å²) < 4.78 is 2.18. The van der Waals surface area contributed by atoms with Crippen molar-refractivity contribution in [3.8, 4) is 0 Å². The molecule has 0 N–H and O–H groups in total. The Kier molecular flexibility index (Phi) is 8.51. The first-order valence-electron chi connectivity index (χ1n) is 9.96. The van der Waals surface area contributed by atoms with Gasteiger partial charge in [-0.05, 0) is 44.2 Å². The van der Waals surface area contributed by atoms with Crippen molar-refractivity contribution in [3.63, 3.8) is 0 Å². The van der Waals surface area contributed by atoms with E-state index in [1.54, 1.807) is 0 Å². The molecule has 0 saturated carbocycles. The molecule has 2 nitrogen and oxygen atoms in total. The number of fused-ring (bicyclic) bond motifs is 1. The zero-order chi connectivity index (χ0) is 17.9. The van der Waals surface area contributed by atoms with Crippen LogP contribution in [0.1, 0.15) is 70.4 Å². The highest BCUT2D eigenvalue weighted by molar-refractivity contribution is 5.79. The van der Waals surface area contributed by atoms with Crippen LogP contribution in [0.4, 0.5) is 0 Å². The Morgan fingerprint density at radius 1 is 0.920 bits per heavy atom. The number of unbranched alkanes of at least 4 members (excludes halogenated alkanes) is 7. The molecule has 0 atom stereocenters. The summed E-state index contributed by atoms with van der Waals surface area (Å²) in [4.78, 5) is 12.2. The number of nitrogens with zero attached hydrogens (tertiary/aromatic N) is 1. The number of aromatic nitrogens is 1. The molecule has 0 saturated heterocycles. The minimum absolute atomic E-state index is 0.151. The number of aryl methyl sites for hydroxylation is 2. The van der Waals surface area contributed by atoms with Gasteiger partial charge in [-0.2, -0.15) is 0 Å². The Labute approximate surface area is 152 Å². The predicted octanol–water partition coefficient (Wildman–Crippen LogP) is 6.17. The lowest BCUT2D eigenvalue weighted by Crippen LogP contribution is -2.11. The lowest BCUT2D eigenvalue weighted by Gasteiger charge is -2.12. The molecule has 1 aromatic heterocycles. The van der Waals surface area contributed by atoms with Crippen LogP contribution in [0.15, 0.2) is 47.3 Å². The predicted molar refractivity (Wildman–Crippen MR) is 109 cm³/mol. The van der Waals surface area contributed by atoms with Gasteiger partial charge in [0.1, 0.15) is 0 Å². The maximum Gasteiger partial charge on any atom is 0.189 e. The van der Waals surface area contributed by atoms with Crippen LogP contribution in [0, 0.1) is 0 Å². The minimum atomic E-state index is 0.151. The molecule has 2 aromatic rings. The molecule has 0 aliphatic carbocycles. The first-order valence-corrected chi connectivity index (χ1v) is 9.96. The molecule has 0 unspecified atom stereocenters. The van der Waals surface area contributed by atoms with Gasteiger partial charge in [-0.3, -0.25) is 4.79 Å². The summed E-state index contributed by atoms with van der Waals surface area (Å²) in [5, 5.41) is 0.820. The summed E-state index contributed by atoms with van der Waals surface area (Å²) >= 11 is 0. The molecule has 0 amide bonds. The van der Waals surface area contributed by atoms with Gasteiger partial charge in [0.2, 0.25) is 0 Å². The van der Waals surface area contributed by atoms with Gasteiger partial charge in [0.15, 0.2) is 5.43 Å². The van der Waals surface area contributed by atoms with Crippen LogP contribution in [-0.4, -0.2) is 4.57 Å². The van der Waals surface area contributed by atoms with Crippen molar-refractivity contribution in [1.82, 2.24) is 4.57 Å². The molecular formula is C23H33NO. The van der Waals surface area contributed by atoms with Crippen LogP contribution in [0.5, 0.6) is 0 Å². The fraction of sp³-hybridized carbons (Fsp3) is 0.522. The Morgan fingerprint density at radius 2 is 1.60 bits per heavy atom. The van der Waals surface area contributed by atoms with Crippen molar-refractivity contribution in [3.05, 3.63) is 58.4 Å². The molecule has 0 fully saturated rings. The first-order chi connectivity index (χ1) is 12.2. The van der Waals surface area contributed by atoms with E-state index in [1.165, 1.54) is 51.4 Å². The van der Waals surface area contributed by atoms with Gasteiger partial charge in [0.25, 0.3) is 0 Å². The lowest BCUT2D eigenvalue weighted by atomic mass is 10.1. The fourth-order valence-corrected chi connectivity index (χ4v) is 3.35. The van der Waals surface area contributed by atoms with Gasteiger partial charge in [0.05, 0.1) is 5.52 Å². The third-order valence-corrected chi connectivity index (χ3v) is 4.95. The van der Waals surface area contributed by atoms with E-state index in [-0.39, 0.29) is 5.43 Å². The van der Waals surface area contributed by atoms with Crippen molar-refractivity contribution in [2.24, 2.45) is 7.05 Å². The second-order valence-electron chi connectivity index (χ2n) is 7.00. The van der Waals surface area contributed by atoms with E-state index in [1.807, 2.05) is 30.3 Å². The standard InChI is InChI=1S/C23H33NO/c1-3-4-5-6-7-8-9-10-11-12-13-16-20-19-23(25)21-17-14-15-18-22(21)24(20)2/h6-7,14-15,17-19H,3-5,8-13,16H2,1-2H3/b7-6+. The molecule has 0 aliphatic heterocycles. The minimum Gasteiger partial charge on any atom is -0.347 e. The molecule has 1 aromatic carbocycles. The zero-order valence-electron chi connectivity index (χ0n) is 16.0. The molecule has 136 valence electrons. The highest BCUT2D eigenvalue weighted by Gasteiger charge is 2.05. The Hall–Kier alpha value is -1.83. The van der Waals surface area contributed by atoms with Crippen LogP contribution < -0.4 is 5.43 Å². The summed E-state index contributed by atoms with van der Waals surface area (Å²) in [5.74, 6) is 0. The Balaban J connectivity index is 1.69. The molecule has 0 aliphatic rings. The van der Waals surface area contributed by atoms with Crippen LogP contribution in [-0.2, 0) is 13.5 Å². The largest absolute Gasteiger partial charge is 0.347 e. The normalized spacial score (nSPS) is 11.6. The van der Waals surface area contributed by atoms with E-state index in [0.717, 1.165) is 29.4 Å². The van der Waals surface area contributed by atoms with E-state index < -0.39 is 0 Å². The van der Waals surface area contributed by atoms with Crippen LogP contribution in [0.3, 0.4) is 0 Å². The number of benzene rings is 1. The number of allylic oxidation sites excluding steroid dienone is 2. The zero-order valence-corrected chi connectivity index (χ0v) is 16.0. The summed E-state index contributed by atoms with van der Waals surface area (Å²) in [6, 6.07) is 9.71. The maximum absolute atomic E-state index is 12.2. The third kappa shape index (κ3) is 6.19. The van der Waals surface area contributed by atoms with E-state index in [9.17, 15) is 4.79 Å². The highest BCUT2D eigenvalue weighted by atomic mass is 16.1. The molecule has 2 rings (SSSR count). The van der Waals surface area contributed by atoms with Crippen molar-refractivity contribution in [2.45, 2.75) is 71.1 Å². The van der Waals surface area contributed by atoms with Gasteiger partial charge in [-0.15, -0.1) is 0 Å².